The Balaban J connectivity index is 1.52. The summed E-state index contributed by atoms with van der Waals surface area (Å²) in [6, 6.07) is 12.2. The van der Waals surface area contributed by atoms with Gasteiger partial charge < -0.3 is 4.57 Å². The Labute approximate surface area is 170 Å². The first kappa shape index (κ1) is 19.7. The Morgan fingerprint density at radius 1 is 1.17 bits per heavy atom. The highest BCUT2D eigenvalue weighted by Crippen LogP contribution is 2.29. The molecule has 0 bridgehead atoms. The van der Waals surface area contributed by atoms with Gasteiger partial charge in [-0.2, -0.15) is 4.31 Å². The van der Waals surface area contributed by atoms with Gasteiger partial charge in [-0.05, 0) is 42.7 Å². The van der Waals surface area contributed by atoms with Crippen molar-refractivity contribution in [2.75, 3.05) is 13.1 Å². The molecule has 8 heteroatoms. The number of halogens is 1. The van der Waals surface area contributed by atoms with E-state index in [0.717, 1.165) is 29.8 Å². The summed E-state index contributed by atoms with van der Waals surface area (Å²) in [5.74, 6) is -0.220. The Morgan fingerprint density at radius 2 is 1.97 bits per heavy atom. The molecule has 6 nitrogen and oxygen atoms in total. The summed E-state index contributed by atoms with van der Waals surface area (Å²) in [6.07, 6.45) is 5.30. The van der Waals surface area contributed by atoms with Crippen LogP contribution in [0.2, 0.25) is 0 Å². The van der Waals surface area contributed by atoms with Gasteiger partial charge in [-0.3, -0.25) is 4.98 Å². The van der Waals surface area contributed by atoms with Gasteiger partial charge in [0.2, 0.25) is 0 Å². The van der Waals surface area contributed by atoms with Gasteiger partial charge in [0.25, 0.3) is 10.0 Å². The lowest BCUT2D eigenvalue weighted by Gasteiger charge is -2.31. The molecule has 29 heavy (non-hydrogen) atoms. The van der Waals surface area contributed by atoms with Crippen molar-refractivity contribution < 1.29 is 12.8 Å². The monoisotopic (exact) mass is 414 g/mol. The van der Waals surface area contributed by atoms with E-state index in [1.54, 1.807) is 23.7 Å². The molecule has 0 unspecified atom stereocenters. The van der Waals surface area contributed by atoms with Crippen LogP contribution in [-0.2, 0) is 23.5 Å². The molecule has 0 aliphatic carbocycles. The maximum atomic E-state index is 13.1. The molecule has 1 aliphatic heterocycles. The molecule has 152 valence electrons. The Morgan fingerprint density at radius 3 is 2.69 bits per heavy atom. The summed E-state index contributed by atoms with van der Waals surface area (Å²) >= 11 is 0. The second-order valence-electron chi connectivity index (χ2n) is 7.44. The van der Waals surface area contributed by atoms with Gasteiger partial charge in [0.15, 0.2) is 5.03 Å². The van der Waals surface area contributed by atoms with Crippen molar-refractivity contribution in [2.45, 2.75) is 30.2 Å². The van der Waals surface area contributed by atoms with Crippen LogP contribution in [0.4, 0.5) is 4.39 Å². The predicted molar refractivity (Wildman–Crippen MR) is 107 cm³/mol. The van der Waals surface area contributed by atoms with Crippen molar-refractivity contribution in [3.63, 3.8) is 0 Å². The van der Waals surface area contributed by atoms with Crippen molar-refractivity contribution in [3.05, 3.63) is 77.8 Å². The van der Waals surface area contributed by atoms with Crippen molar-refractivity contribution >= 4 is 10.0 Å². The minimum atomic E-state index is -3.61. The number of imidazole rings is 1. The lowest BCUT2D eigenvalue weighted by Crippen LogP contribution is -2.39. The van der Waals surface area contributed by atoms with Crippen LogP contribution in [0.3, 0.4) is 0 Å². The molecule has 1 aliphatic rings. The number of pyridine rings is 1. The van der Waals surface area contributed by atoms with Crippen LogP contribution < -0.4 is 0 Å². The molecule has 4 rings (SSSR count). The van der Waals surface area contributed by atoms with E-state index in [0.29, 0.717) is 19.5 Å². The summed E-state index contributed by atoms with van der Waals surface area (Å²) < 4.78 is 42.1. The van der Waals surface area contributed by atoms with Gasteiger partial charge in [-0.25, -0.2) is 17.8 Å². The zero-order valence-corrected chi connectivity index (χ0v) is 17.0. The number of benzene rings is 1. The fraction of sp³-hybridized carbons (Fsp3) is 0.333. The number of hydrogen-bond donors (Lipinski definition) is 0. The molecule has 0 amide bonds. The quantitative estimate of drug-likeness (QED) is 0.643. The number of sulfonamides is 1. The molecule has 3 aromatic rings. The zero-order valence-electron chi connectivity index (χ0n) is 16.2. The summed E-state index contributed by atoms with van der Waals surface area (Å²) in [7, 11) is -1.86. The third kappa shape index (κ3) is 4.38. The Kier molecular flexibility index (Phi) is 5.47. The van der Waals surface area contributed by atoms with Crippen LogP contribution in [0.25, 0.3) is 0 Å². The molecule has 0 spiro atoms. The van der Waals surface area contributed by atoms with E-state index in [-0.39, 0.29) is 16.8 Å². The Hall–Kier alpha value is -2.58. The van der Waals surface area contributed by atoms with E-state index in [2.05, 4.69) is 4.98 Å². The minimum absolute atomic E-state index is 0.0374. The van der Waals surface area contributed by atoms with Gasteiger partial charge in [-0.1, -0.05) is 18.2 Å². The number of aryl methyl sites for hydroxylation is 1. The predicted octanol–water partition coefficient (Wildman–Crippen LogP) is 3.11. The second kappa shape index (κ2) is 8.04. The van der Waals surface area contributed by atoms with E-state index in [1.807, 2.05) is 18.2 Å². The molecular formula is C21H23FN4O2S. The van der Waals surface area contributed by atoms with Gasteiger partial charge in [0.05, 0.1) is 6.33 Å². The van der Waals surface area contributed by atoms with Crippen LogP contribution in [0.5, 0.6) is 0 Å². The van der Waals surface area contributed by atoms with Gasteiger partial charge in [0.1, 0.15) is 5.82 Å². The maximum absolute atomic E-state index is 13.1. The standard InChI is InChI=1S/C21H23FN4O2S/c1-25-14-21(23-15-25)29(27,28)26-11-3-4-17(13-26)20-6-2-5-19(24-20)12-16-7-9-18(22)10-8-16/h2,5-10,14-15,17H,3-4,11-13H2,1H3/t17-/m1/s1. The molecule has 2 aromatic heterocycles. The van der Waals surface area contributed by atoms with Crippen molar-refractivity contribution in [1.82, 2.24) is 18.8 Å². The Bertz CT molecular complexity index is 1100. The molecule has 0 saturated carbocycles. The van der Waals surface area contributed by atoms with Crippen LogP contribution in [-0.4, -0.2) is 40.3 Å². The average Bonchev–Trinajstić information content (AvgIpc) is 3.17. The van der Waals surface area contributed by atoms with Crippen LogP contribution in [0.1, 0.15) is 35.7 Å². The molecule has 0 N–H and O–H groups in total. The number of aromatic nitrogens is 3. The fourth-order valence-electron chi connectivity index (χ4n) is 3.69. The van der Waals surface area contributed by atoms with E-state index in [4.69, 9.17) is 4.98 Å². The highest BCUT2D eigenvalue weighted by atomic mass is 32.2. The topological polar surface area (TPSA) is 68.1 Å². The first-order valence-electron chi connectivity index (χ1n) is 9.60. The average molecular weight is 415 g/mol. The normalized spacial score (nSPS) is 18.1. The third-order valence-corrected chi connectivity index (χ3v) is 6.97. The molecule has 3 heterocycles. The molecular weight excluding hydrogens is 391 g/mol. The first-order chi connectivity index (χ1) is 13.9. The fourth-order valence-corrected chi connectivity index (χ4v) is 5.18. The van der Waals surface area contributed by atoms with Gasteiger partial charge in [0, 0.05) is 50.1 Å². The van der Waals surface area contributed by atoms with E-state index in [9.17, 15) is 12.8 Å². The zero-order chi connectivity index (χ0) is 20.4. The smallest absolute Gasteiger partial charge is 0.262 e. The molecule has 1 aromatic carbocycles. The SMILES string of the molecule is Cn1cnc(S(=O)(=O)N2CCC[C@@H](c3cccc(Cc4ccc(F)cc4)n3)C2)c1. The third-order valence-electron chi connectivity index (χ3n) is 5.21. The van der Waals surface area contributed by atoms with Crippen molar-refractivity contribution in [2.24, 2.45) is 7.05 Å². The lowest BCUT2D eigenvalue weighted by atomic mass is 9.95. The van der Waals surface area contributed by atoms with Gasteiger partial charge >= 0.3 is 0 Å². The number of nitrogens with zero attached hydrogens (tertiary/aromatic N) is 4. The van der Waals surface area contributed by atoms with Crippen LogP contribution in [0.15, 0.2) is 60.0 Å². The summed E-state index contributed by atoms with van der Waals surface area (Å²) in [5.41, 5.74) is 2.77. The van der Waals surface area contributed by atoms with Crippen LogP contribution in [0, 0.1) is 5.82 Å². The minimum Gasteiger partial charge on any atom is -0.339 e. The van der Waals surface area contributed by atoms with E-state index < -0.39 is 10.0 Å². The maximum Gasteiger partial charge on any atom is 0.262 e. The lowest BCUT2D eigenvalue weighted by molar-refractivity contribution is 0.311. The highest BCUT2D eigenvalue weighted by molar-refractivity contribution is 7.89. The van der Waals surface area contributed by atoms with Crippen molar-refractivity contribution in [1.29, 1.82) is 0 Å². The van der Waals surface area contributed by atoms with E-state index >= 15 is 0 Å². The number of rotatable bonds is 5. The number of hydrogen-bond acceptors (Lipinski definition) is 4. The molecule has 1 saturated heterocycles. The molecule has 1 atom stereocenters. The summed E-state index contributed by atoms with van der Waals surface area (Å²) in [6.45, 7) is 0.886. The second-order valence-corrected chi connectivity index (χ2v) is 9.32. The van der Waals surface area contributed by atoms with Crippen molar-refractivity contribution in [3.8, 4) is 0 Å². The highest BCUT2D eigenvalue weighted by Gasteiger charge is 2.32. The van der Waals surface area contributed by atoms with Gasteiger partial charge in [-0.15, -0.1) is 0 Å². The largest absolute Gasteiger partial charge is 0.339 e. The molecule has 1 fully saturated rings. The summed E-state index contributed by atoms with van der Waals surface area (Å²) in [4.78, 5) is 8.79. The molecule has 0 radical (unpaired) electrons. The van der Waals surface area contributed by atoms with E-state index in [1.165, 1.54) is 29.0 Å². The summed E-state index contributed by atoms with van der Waals surface area (Å²) in [5, 5.41) is 0.0821. The van der Waals surface area contributed by atoms with Crippen LogP contribution >= 0.6 is 0 Å². The number of piperidine rings is 1. The first-order valence-corrected chi connectivity index (χ1v) is 11.0.